The van der Waals surface area contributed by atoms with Crippen LogP contribution in [0.3, 0.4) is 0 Å². The summed E-state index contributed by atoms with van der Waals surface area (Å²) in [5, 5.41) is 3.65. The fourth-order valence-corrected chi connectivity index (χ4v) is 3.05. The zero-order valence-electron chi connectivity index (χ0n) is 12.6. The van der Waals surface area contributed by atoms with E-state index in [-0.39, 0.29) is 6.04 Å². The number of benzene rings is 2. The number of nitrogens with one attached hydrogen (secondary N) is 1. The molecule has 1 N–H and O–H groups in total. The molecule has 1 atom stereocenters. The maximum atomic E-state index is 5.64. The van der Waals surface area contributed by atoms with Crippen LogP contribution in [0.15, 0.2) is 48.5 Å². The predicted octanol–water partition coefficient (Wildman–Crippen LogP) is 4.78. The Bertz CT molecular complexity index is 571. The minimum Gasteiger partial charge on any atom is -0.494 e. The third-order valence-electron chi connectivity index (χ3n) is 3.32. The third-order valence-corrected chi connectivity index (χ3v) is 4.30. The highest BCUT2D eigenvalue weighted by molar-refractivity contribution is 14.1. The Hall–Kier alpha value is -1.07. The standard InChI is InChI=1S/C18H22INO/c1-3-12-20-18(16-10-5-6-11-17(16)19)14-8-7-9-15(13-14)21-4-2/h5-11,13,18,20H,3-4,12H2,1-2H3. The van der Waals surface area contributed by atoms with E-state index >= 15 is 0 Å². The van der Waals surface area contributed by atoms with E-state index in [9.17, 15) is 0 Å². The predicted molar refractivity (Wildman–Crippen MR) is 96.9 cm³/mol. The summed E-state index contributed by atoms with van der Waals surface area (Å²) < 4.78 is 6.92. The van der Waals surface area contributed by atoms with Crippen molar-refractivity contribution in [2.45, 2.75) is 26.3 Å². The molecule has 3 heteroatoms. The second-order valence-corrected chi connectivity index (χ2v) is 6.08. The van der Waals surface area contributed by atoms with Crippen molar-refractivity contribution >= 4 is 22.6 Å². The van der Waals surface area contributed by atoms with Crippen LogP contribution in [0.5, 0.6) is 5.75 Å². The van der Waals surface area contributed by atoms with Crippen LogP contribution in [0.1, 0.15) is 37.4 Å². The molecular weight excluding hydrogens is 373 g/mol. The summed E-state index contributed by atoms with van der Waals surface area (Å²) in [6.07, 6.45) is 1.12. The first-order valence-electron chi connectivity index (χ1n) is 7.46. The molecule has 0 fully saturated rings. The first kappa shape index (κ1) is 16.3. The van der Waals surface area contributed by atoms with Gasteiger partial charge in [-0.15, -0.1) is 0 Å². The highest BCUT2D eigenvalue weighted by Crippen LogP contribution is 2.28. The highest BCUT2D eigenvalue weighted by Gasteiger charge is 2.16. The summed E-state index contributed by atoms with van der Waals surface area (Å²) in [7, 11) is 0. The van der Waals surface area contributed by atoms with Crippen molar-refractivity contribution in [1.29, 1.82) is 0 Å². The molecule has 0 radical (unpaired) electrons. The van der Waals surface area contributed by atoms with Crippen LogP contribution in [-0.4, -0.2) is 13.2 Å². The molecule has 2 rings (SSSR count). The minimum atomic E-state index is 0.207. The molecule has 0 spiro atoms. The summed E-state index contributed by atoms with van der Waals surface area (Å²) in [6, 6.07) is 17.1. The van der Waals surface area contributed by atoms with Crippen LogP contribution < -0.4 is 10.1 Å². The van der Waals surface area contributed by atoms with Crippen LogP contribution in [-0.2, 0) is 0 Å². The average Bonchev–Trinajstić information content (AvgIpc) is 2.50. The molecule has 0 aliphatic heterocycles. The molecule has 1 unspecified atom stereocenters. The molecule has 0 amide bonds. The summed E-state index contributed by atoms with van der Waals surface area (Å²) in [5.41, 5.74) is 2.57. The Morgan fingerprint density at radius 1 is 1.10 bits per heavy atom. The second kappa shape index (κ2) is 8.39. The quantitative estimate of drug-likeness (QED) is 0.682. The lowest BCUT2D eigenvalue weighted by Gasteiger charge is -2.21. The molecule has 21 heavy (non-hydrogen) atoms. The average molecular weight is 395 g/mol. The van der Waals surface area contributed by atoms with Crippen LogP contribution in [0.4, 0.5) is 0 Å². The van der Waals surface area contributed by atoms with Gasteiger partial charge in [-0.3, -0.25) is 0 Å². The van der Waals surface area contributed by atoms with Gasteiger partial charge in [0, 0.05) is 3.57 Å². The highest BCUT2D eigenvalue weighted by atomic mass is 127. The van der Waals surface area contributed by atoms with Gasteiger partial charge in [-0.25, -0.2) is 0 Å². The zero-order valence-corrected chi connectivity index (χ0v) is 14.8. The summed E-state index contributed by atoms with van der Waals surface area (Å²) in [5.74, 6) is 0.934. The van der Waals surface area contributed by atoms with Gasteiger partial charge in [0.15, 0.2) is 0 Å². The van der Waals surface area contributed by atoms with E-state index in [0.29, 0.717) is 6.61 Å². The Morgan fingerprint density at radius 3 is 2.62 bits per heavy atom. The number of hydrogen-bond donors (Lipinski definition) is 1. The first-order chi connectivity index (χ1) is 10.3. The van der Waals surface area contributed by atoms with E-state index in [1.807, 2.05) is 13.0 Å². The van der Waals surface area contributed by atoms with Crippen molar-refractivity contribution in [3.8, 4) is 5.75 Å². The van der Waals surface area contributed by atoms with Crippen molar-refractivity contribution < 1.29 is 4.74 Å². The maximum Gasteiger partial charge on any atom is 0.119 e. The van der Waals surface area contributed by atoms with Crippen molar-refractivity contribution in [3.05, 3.63) is 63.2 Å². The van der Waals surface area contributed by atoms with E-state index in [1.165, 1.54) is 14.7 Å². The van der Waals surface area contributed by atoms with Crippen molar-refractivity contribution in [1.82, 2.24) is 5.32 Å². The number of hydrogen-bond acceptors (Lipinski definition) is 2. The van der Waals surface area contributed by atoms with E-state index in [0.717, 1.165) is 18.7 Å². The van der Waals surface area contributed by atoms with E-state index in [1.54, 1.807) is 0 Å². The fraction of sp³-hybridized carbons (Fsp3) is 0.333. The van der Waals surface area contributed by atoms with Gasteiger partial charge in [0.2, 0.25) is 0 Å². The molecule has 0 aromatic heterocycles. The normalized spacial score (nSPS) is 12.1. The maximum absolute atomic E-state index is 5.64. The van der Waals surface area contributed by atoms with Crippen LogP contribution in [0.25, 0.3) is 0 Å². The molecule has 0 heterocycles. The summed E-state index contributed by atoms with van der Waals surface area (Å²) >= 11 is 2.41. The number of ether oxygens (including phenoxy) is 1. The van der Waals surface area contributed by atoms with Crippen LogP contribution >= 0.6 is 22.6 Å². The van der Waals surface area contributed by atoms with Gasteiger partial charge in [-0.2, -0.15) is 0 Å². The first-order valence-corrected chi connectivity index (χ1v) is 8.54. The largest absolute Gasteiger partial charge is 0.494 e. The van der Waals surface area contributed by atoms with Crippen molar-refractivity contribution in [2.24, 2.45) is 0 Å². The lowest BCUT2D eigenvalue weighted by molar-refractivity contribution is 0.339. The summed E-state index contributed by atoms with van der Waals surface area (Å²) in [4.78, 5) is 0. The third kappa shape index (κ3) is 4.45. The molecular formula is C18H22INO. The Labute approximate surface area is 141 Å². The van der Waals surface area contributed by atoms with Crippen LogP contribution in [0, 0.1) is 3.57 Å². The van der Waals surface area contributed by atoms with Crippen LogP contribution in [0.2, 0.25) is 0 Å². The monoisotopic (exact) mass is 395 g/mol. The minimum absolute atomic E-state index is 0.207. The zero-order chi connectivity index (χ0) is 15.1. The van der Waals surface area contributed by atoms with Gasteiger partial charge in [-0.05, 0) is 71.8 Å². The lowest BCUT2D eigenvalue weighted by Crippen LogP contribution is -2.24. The molecule has 2 aromatic rings. The molecule has 112 valence electrons. The number of rotatable bonds is 7. The molecule has 0 aliphatic rings. The SMILES string of the molecule is CCCNC(c1cccc(OCC)c1)c1ccccc1I. The molecule has 0 saturated carbocycles. The van der Waals surface area contributed by atoms with Gasteiger partial charge in [0.25, 0.3) is 0 Å². The second-order valence-electron chi connectivity index (χ2n) is 4.91. The Balaban J connectivity index is 2.36. The lowest BCUT2D eigenvalue weighted by atomic mass is 9.98. The Kier molecular flexibility index (Phi) is 6.51. The van der Waals surface area contributed by atoms with Crippen molar-refractivity contribution in [3.63, 3.8) is 0 Å². The van der Waals surface area contributed by atoms with Gasteiger partial charge in [0.05, 0.1) is 12.6 Å². The molecule has 2 nitrogen and oxygen atoms in total. The smallest absolute Gasteiger partial charge is 0.119 e. The topological polar surface area (TPSA) is 21.3 Å². The van der Waals surface area contributed by atoms with E-state index in [4.69, 9.17) is 4.74 Å². The summed E-state index contributed by atoms with van der Waals surface area (Å²) in [6.45, 7) is 5.89. The van der Waals surface area contributed by atoms with Gasteiger partial charge >= 0.3 is 0 Å². The van der Waals surface area contributed by atoms with Gasteiger partial charge in [-0.1, -0.05) is 37.3 Å². The van der Waals surface area contributed by atoms with Gasteiger partial charge in [0.1, 0.15) is 5.75 Å². The van der Waals surface area contributed by atoms with E-state index in [2.05, 4.69) is 77.3 Å². The van der Waals surface area contributed by atoms with Gasteiger partial charge < -0.3 is 10.1 Å². The number of halogens is 1. The molecule has 0 saturated heterocycles. The molecule has 0 bridgehead atoms. The van der Waals surface area contributed by atoms with Crippen molar-refractivity contribution in [2.75, 3.05) is 13.2 Å². The molecule has 2 aromatic carbocycles. The van der Waals surface area contributed by atoms with E-state index < -0.39 is 0 Å². The fourth-order valence-electron chi connectivity index (χ4n) is 2.36. The Morgan fingerprint density at radius 2 is 1.90 bits per heavy atom. The molecule has 0 aliphatic carbocycles.